The predicted octanol–water partition coefficient (Wildman–Crippen LogP) is 2.98. The van der Waals surface area contributed by atoms with Gasteiger partial charge in [-0.1, -0.05) is 18.2 Å². The maximum Gasteiger partial charge on any atom is 0.154 e. The fraction of sp³-hybridized carbons (Fsp3) is 0.357. The molecule has 0 N–H and O–H groups in total. The minimum Gasteiger partial charge on any atom is -0.241 e. The van der Waals surface area contributed by atoms with Crippen LogP contribution in [0.2, 0.25) is 0 Å². The largest absolute Gasteiger partial charge is 0.241 e. The molecule has 1 heterocycles. The molecule has 0 bridgehead atoms. The molecule has 0 saturated carbocycles. The van der Waals surface area contributed by atoms with E-state index in [-0.39, 0.29) is 0 Å². The standard InChI is InChI=1S/C14H17ClN2O2S/c1-14(2,20(3,18)19)13(15)11-9-16-17(10-11)12-7-5-4-6-8-12/h4-10,13H,1-3H3. The molecule has 2 rings (SSSR count). The maximum atomic E-state index is 11.8. The quantitative estimate of drug-likeness (QED) is 0.816. The SMILES string of the molecule is CC(C)(C(Cl)c1cnn(-c2ccccc2)c1)S(C)(=O)=O. The summed E-state index contributed by atoms with van der Waals surface area (Å²) in [7, 11) is -3.27. The minimum atomic E-state index is -3.27. The second-order valence-corrected chi connectivity index (χ2v) is 8.32. The lowest BCUT2D eigenvalue weighted by Gasteiger charge is -2.27. The van der Waals surface area contributed by atoms with Crippen LogP contribution in [0.5, 0.6) is 0 Å². The third kappa shape index (κ3) is 2.74. The molecule has 4 nitrogen and oxygen atoms in total. The molecule has 1 unspecified atom stereocenters. The number of benzene rings is 1. The zero-order valence-corrected chi connectivity index (χ0v) is 13.2. The summed E-state index contributed by atoms with van der Waals surface area (Å²) < 4.78 is 24.3. The summed E-state index contributed by atoms with van der Waals surface area (Å²) in [5.74, 6) is 0. The van der Waals surface area contributed by atoms with Crippen LogP contribution in [0.15, 0.2) is 42.7 Å². The normalized spacial score (nSPS) is 14.2. The number of hydrogen-bond donors (Lipinski definition) is 0. The van der Waals surface area contributed by atoms with Gasteiger partial charge in [0.25, 0.3) is 0 Å². The van der Waals surface area contributed by atoms with E-state index in [1.807, 2.05) is 30.3 Å². The highest BCUT2D eigenvalue weighted by atomic mass is 35.5. The van der Waals surface area contributed by atoms with E-state index >= 15 is 0 Å². The molecule has 0 saturated heterocycles. The first-order valence-electron chi connectivity index (χ1n) is 6.17. The molecule has 0 aliphatic heterocycles. The first kappa shape index (κ1) is 15.1. The molecule has 0 aliphatic rings. The molecule has 0 spiro atoms. The number of halogens is 1. The molecular formula is C14H17ClN2O2S. The van der Waals surface area contributed by atoms with Gasteiger partial charge in [0.05, 0.1) is 22.0 Å². The zero-order chi connectivity index (χ0) is 15.0. The Morgan fingerprint density at radius 1 is 1.25 bits per heavy atom. The van der Waals surface area contributed by atoms with E-state index in [9.17, 15) is 8.42 Å². The Bertz CT molecular complexity index is 693. The van der Waals surface area contributed by atoms with Crippen LogP contribution in [0.3, 0.4) is 0 Å². The highest BCUT2D eigenvalue weighted by Crippen LogP contribution is 2.37. The minimum absolute atomic E-state index is 0.657. The van der Waals surface area contributed by atoms with E-state index < -0.39 is 20.0 Å². The van der Waals surface area contributed by atoms with Gasteiger partial charge >= 0.3 is 0 Å². The van der Waals surface area contributed by atoms with Gasteiger partial charge in [0, 0.05) is 18.0 Å². The molecule has 1 atom stereocenters. The third-order valence-corrected chi connectivity index (χ3v) is 6.56. The molecule has 0 radical (unpaired) electrons. The third-order valence-electron chi connectivity index (χ3n) is 3.48. The number of nitrogens with zero attached hydrogens (tertiary/aromatic N) is 2. The van der Waals surface area contributed by atoms with Gasteiger partial charge in [-0.2, -0.15) is 5.10 Å². The van der Waals surface area contributed by atoms with Crippen molar-refractivity contribution in [1.29, 1.82) is 0 Å². The fourth-order valence-corrected chi connectivity index (χ4v) is 2.89. The summed E-state index contributed by atoms with van der Waals surface area (Å²) in [6.07, 6.45) is 4.57. The first-order chi connectivity index (χ1) is 9.23. The number of hydrogen-bond acceptors (Lipinski definition) is 3. The molecule has 0 aliphatic carbocycles. The molecule has 20 heavy (non-hydrogen) atoms. The van der Waals surface area contributed by atoms with Gasteiger partial charge in [0.15, 0.2) is 9.84 Å². The smallest absolute Gasteiger partial charge is 0.154 e. The van der Waals surface area contributed by atoms with Crippen LogP contribution in [0, 0.1) is 0 Å². The van der Waals surface area contributed by atoms with Crippen LogP contribution in [-0.2, 0) is 9.84 Å². The molecule has 0 fully saturated rings. The van der Waals surface area contributed by atoms with Crippen molar-refractivity contribution in [3.05, 3.63) is 48.3 Å². The molecule has 1 aromatic heterocycles. The van der Waals surface area contributed by atoms with Crippen LogP contribution < -0.4 is 0 Å². The summed E-state index contributed by atoms with van der Waals surface area (Å²) in [5.41, 5.74) is 1.59. The lowest BCUT2D eigenvalue weighted by molar-refractivity contribution is 0.544. The van der Waals surface area contributed by atoms with Crippen molar-refractivity contribution in [3.8, 4) is 5.69 Å². The summed E-state index contributed by atoms with van der Waals surface area (Å²) in [5, 5.41) is 3.58. The number of aromatic nitrogens is 2. The van der Waals surface area contributed by atoms with Gasteiger partial charge in [0.2, 0.25) is 0 Å². The highest BCUT2D eigenvalue weighted by Gasteiger charge is 2.39. The van der Waals surface area contributed by atoms with E-state index in [2.05, 4.69) is 5.10 Å². The van der Waals surface area contributed by atoms with Crippen molar-refractivity contribution < 1.29 is 8.42 Å². The van der Waals surface area contributed by atoms with Gasteiger partial charge in [-0.15, -0.1) is 11.6 Å². The van der Waals surface area contributed by atoms with Crippen molar-refractivity contribution in [3.63, 3.8) is 0 Å². The number of sulfone groups is 1. The van der Waals surface area contributed by atoms with E-state index in [1.165, 1.54) is 6.26 Å². The number of para-hydroxylation sites is 1. The lowest BCUT2D eigenvalue weighted by atomic mass is 10.0. The number of alkyl halides is 1. The van der Waals surface area contributed by atoms with Crippen molar-refractivity contribution in [2.75, 3.05) is 6.26 Å². The first-order valence-corrected chi connectivity index (χ1v) is 8.50. The molecule has 0 amide bonds. The molecule has 108 valence electrons. The van der Waals surface area contributed by atoms with Crippen LogP contribution >= 0.6 is 11.6 Å². The maximum absolute atomic E-state index is 11.8. The van der Waals surface area contributed by atoms with Gasteiger partial charge in [0.1, 0.15) is 0 Å². The highest BCUT2D eigenvalue weighted by molar-refractivity contribution is 7.92. The van der Waals surface area contributed by atoms with Crippen LogP contribution in [0.25, 0.3) is 5.69 Å². The fourth-order valence-electron chi connectivity index (χ4n) is 1.78. The predicted molar refractivity (Wildman–Crippen MR) is 81.1 cm³/mol. The van der Waals surface area contributed by atoms with E-state index in [0.29, 0.717) is 5.56 Å². The summed E-state index contributed by atoms with van der Waals surface area (Å²) >= 11 is 6.35. The second-order valence-electron chi connectivity index (χ2n) is 5.29. The van der Waals surface area contributed by atoms with Gasteiger partial charge in [-0.05, 0) is 26.0 Å². The Balaban J connectivity index is 2.35. The molecule has 2 aromatic rings. The second kappa shape index (κ2) is 5.22. The summed E-state index contributed by atoms with van der Waals surface area (Å²) in [4.78, 5) is 0. The van der Waals surface area contributed by atoms with Gasteiger partial charge in [-0.25, -0.2) is 13.1 Å². The van der Waals surface area contributed by atoms with Gasteiger partial charge < -0.3 is 0 Å². The summed E-state index contributed by atoms with van der Waals surface area (Å²) in [6, 6.07) is 9.58. The van der Waals surface area contributed by atoms with Crippen LogP contribution in [-0.4, -0.2) is 29.2 Å². The zero-order valence-electron chi connectivity index (χ0n) is 11.6. The Kier molecular flexibility index (Phi) is 3.93. The molecule has 6 heteroatoms. The monoisotopic (exact) mass is 312 g/mol. The van der Waals surface area contributed by atoms with E-state index in [0.717, 1.165) is 5.69 Å². The molecular weight excluding hydrogens is 296 g/mol. The van der Waals surface area contributed by atoms with Crippen LogP contribution in [0.4, 0.5) is 0 Å². The average Bonchev–Trinajstić information content (AvgIpc) is 2.87. The summed E-state index contributed by atoms with van der Waals surface area (Å²) in [6.45, 7) is 3.25. The Labute approximate surface area is 124 Å². The Morgan fingerprint density at radius 3 is 2.40 bits per heavy atom. The van der Waals surface area contributed by atoms with Crippen molar-refractivity contribution in [2.45, 2.75) is 24.0 Å². The number of rotatable bonds is 4. The van der Waals surface area contributed by atoms with Crippen molar-refractivity contribution >= 4 is 21.4 Å². The van der Waals surface area contributed by atoms with Crippen molar-refractivity contribution in [2.24, 2.45) is 0 Å². The Morgan fingerprint density at radius 2 is 1.85 bits per heavy atom. The van der Waals surface area contributed by atoms with Crippen LogP contribution in [0.1, 0.15) is 24.8 Å². The van der Waals surface area contributed by atoms with Gasteiger partial charge in [-0.3, -0.25) is 0 Å². The average molecular weight is 313 g/mol. The lowest BCUT2D eigenvalue weighted by Crippen LogP contribution is -2.35. The topological polar surface area (TPSA) is 52.0 Å². The molecule has 1 aromatic carbocycles. The van der Waals surface area contributed by atoms with E-state index in [1.54, 1.807) is 30.9 Å². The van der Waals surface area contributed by atoms with Crippen molar-refractivity contribution in [1.82, 2.24) is 9.78 Å². The van der Waals surface area contributed by atoms with E-state index in [4.69, 9.17) is 11.6 Å². The Hall–Kier alpha value is -1.33.